The van der Waals surface area contributed by atoms with Crippen molar-refractivity contribution in [3.8, 4) is 0 Å². The van der Waals surface area contributed by atoms with E-state index >= 15 is 0 Å². The van der Waals surface area contributed by atoms with E-state index in [1.165, 1.54) is 18.1 Å². The van der Waals surface area contributed by atoms with Crippen molar-refractivity contribution < 1.29 is 9.59 Å². The summed E-state index contributed by atoms with van der Waals surface area (Å²) >= 11 is 1.26. The Labute approximate surface area is 119 Å². The molecular weight excluding hydrogens is 278 g/mol. The van der Waals surface area contributed by atoms with E-state index < -0.39 is 0 Å². The van der Waals surface area contributed by atoms with E-state index in [0.29, 0.717) is 16.4 Å². The molecule has 0 saturated carbocycles. The fourth-order valence-corrected chi connectivity index (χ4v) is 2.02. The molecule has 0 unspecified atom stereocenters. The third-order valence-corrected chi connectivity index (χ3v) is 3.27. The monoisotopic (exact) mass is 291 g/mol. The molecule has 0 fully saturated rings. The van der Waals surface area contributed by atoms with Gasteiger partial charge in [-0.25, -0.2) is 4.98 Å². The molecule has 0 radical (unpaired) electrons. The lowest BCUT2D eigenvalue weighted by Crippen LogP contribution is -2.18. The van der Waals surface area contributed by atoms with Gasteiger partial charge in [-0.2, -0.15) is 5.10 Å². The van der Waals surface area contributed by atoms with Crippen molar-refractivity contribution >= 4 is 29.3 Å². The van der Waals surface area contributed by atoms with Crippen LogP contribution in [0.5, 0.6) is 0 Å². The molecule has 8 heteroatoms. The van der Waals surface area contributed by atoms with Crippen LogP contribution in [0.1, 0.15) is 10.4 Å². The summed E-state index contributed by atoms with van der Waals surface area (Å²) in [6.07, 6.45) is 1.39. The van der Waals surface area contributed by atoms with Gasteiger partial charge in [0.2, 0.25) is 5.91 Å². The van der Waals surface area contributed by atoms with Gasteiger partial charge in [0.05, 0.1) is 5.75 Å². The van der Waals surface area contributed by atoms with Gasteiger partial charge in [-0.3, -0.25) is 14.7 Å². The Hall–Kier alpha value is -2.35. The second kappa shape index (κ2) is 6.71. The van der Waals surface area contributed by atoms with Crippen molar-refractivity contribution in [2.45, 2.75) is 5.16 Å². The Morgan fingerprint density at radius 1 is 1.30 bits per heavy atom. The summed E-state index contributed by atoms with van der Waals surface area (Å²) in [7, 11) is 1.57. The predicted octanol–water partition coefficient (Wildman–Crippen LogP) is 0.895. The summed E-state index contributed by atoms with van der Waals surface area (Å²) in [5, 5.41) is 12.2. The summed E-state index contributed by atoms with van der Waals surface area (Å²) in [4.78, 5) is 27.0. The smallest absolute Gasteiger partial charge is 0.251 e. The summed E-state index contributed by atoms with van der Waals surface area (Å²) < 4.78 is 0. The van der Waals surface area contributed by atoms with Crippen LogP contribution in [0.2, 0.25) is 0 Å². The number of hydrogen-bond acceptors (Lipinski definition) is 5. The van der Waals surface area contributed by atoms with Crippen LogP contribution in [0.4, 0.5) is 5.69 Å². The molecule has 0 aliphatic heterocycles. The molecule has 0 bridgehead atoms. The van der Waals surface area contributed by atoms with Gasteiger partial charge in [0.25, 0.3) is 5.91 Å². The van der Waals surface area contributed by atoms with Gasteiger partial charge in [0, 0.05) is 18.3 Å². The Morgan fingerprint density at radius 2 is 2.05 bits per heavy atom. The first-order valence-corrected chi connectivity index (χ1v) is 6.78. The SMILES string of the molecule is CNC(=O)c1ccc(NC(=O)CSc2ncn[nH]2)cc1. The highest BCUT2D eigenvalue weighted by Gasteiger charge is 2.06. The topological polar surface area (TPSA) is 99.8 Å². The molecule has 1 aromatic carbocycles. The number of H-pyrrole nitrogens is 1. The van der Waals surface area contributed by atoms with Gasteiger partial charge < -0.3 is 10.6 Å². The van der Waals surface area contributed by atoms with Crippen molar-refractivity contribution in [3.63, 3.8) is 0 Å². The largest absolute Gasteiger partial charge is 0.355 e. The zero-order chi connectivity index (χ0) is 14.4. The number of rotatable bonds is 5. The quantitative estimate of drug-likeness (QED) is 0.711. The number of carbonyl (C=O) groups excluding carboxylic acids is 2. The Balaban J connectivity index is 1.86. The first-order chi connectivity index (χ1) is 9.69. The number of anilines is 1. The van der Waals surface area contributed by atoms with Crippen LogP contribution < -0.4 is 10.6 Å². The minimum atomic E-state index is -0.163. The number of nitrogens with zero attached hydrogens (tertiary/aromatic N) is 2. The third-order valence-electron chi connectivity index (χ3n) is 2.39. The average molecular weight is 291 g/mol. The van der Waals surface area contributed by atoms with E-state index in [1.54, 1.807) is 31.3 Å². The van der Waals surface area contributed by atoms with Crippen molar-refractivity contribution in [1.82, 2.24) is 20.5 Å². The fraction of sp³-hybridized carbons (Fsp3) is 0.167. The molecule has 1 heterocycles. The minimum absolute atomic E-state index is 0.154. The normalized spacial score (nSPS) is 10.1. The molecule has 0 saturated heterocycles. The van der Waals surface area contributed by atoms with Crippen LogP contribution in [-0.4, -0.2) is 39.8 Å². The molecule has 2 amide bonds. The highest BCUT2D eigenvalue weighted by atomic mass is 32.2. The Morgan fingerprint density at radius 3 is 2.65 bits per heavy atom. The van der Waals surface area contributed by atoms with E-state index in [2.05, 4.69) is 25.8 Å². The lowest BCUT2D eigenvalue weighted by atomic mass is 10.2. The zero-order valence-corrected chi connectivity index (χ0v) is 11.5. The molecule has 2 rings (SSSR count). The van der Waals surface area contributed by atoms with Crippen LogP contribution >= 0.6 is 11.8 Å². The fourth-order valence-electron chi connectivity index (χ4n) is 1.44. The number of nitrogens with one attached hydrogen (secondary N) is 3. The maximum absolute atomic E-state index is 11.7. The zero-order valence-electron chi connectivity index (χ0n) is 10.7. The van der Waals surface area contributed by atoms with E-state index in [4.69, 9.17) is 0 Å². The van der Waals surface area contributed by atoms with E-state index in [-0.39, 0.29) is 17.6 Å². The number of benzene rings is 1. The van der Waals surface area contributed by atoms with E-state index in [0.717, 1.165) is 0 Å². The maximum atomic E-state index is 11.7. The molecule has 3 N–H and O–H groups in total. The molecule has 0 atom stereocenters. The Kier molecular flexibility index (Phi) is 4.72. The maximum Gasteiger partial charge on any atom is 0.251 e. The lowest BCUT2D eigenvalue weighted by molar-refractivity contribution is -0.113. The van der Waals surface area contributed by atoms with Crippen molar-refractivity contribution in [2.24, 2.45) is 0 Å². The van der Waals surface area contributed by atoms with Gasteiger partial charge in [0.1, 0.15) is 6.33 Å². The second-order valence-corrected chi connectivity index (χ2v) is 4.75. The number of aromatic nitrogens is 3. The lowest BCUT2D eigenvalue weighted by Gasteiger charge is -2.05. The van der Waals surface area contributed by atoms with E-state index in [1.807, 2.05) is 0 Å². The van der Waals surface area contributed by atoms with Crippen LogP contribution in [0.25, 0.3) is 0 Å². The highest BCUT2D eigenvalue weighted by Crippen LogP contribution is 2.13. The van der Waals surface area contributed by atoms with Crippen molar-refractivity contribution in [2.75, 3.05) is 18.1 Å². The number of hydrogen-bond donors (Lipinski definition) is 3. The molecule has 0 aliphatic rings. The molecule has 0 aliphatic carbocycles. The predicted molar refractivity (Wildman–Crippen MR) is 75.6 cm³/mol. The summed E-state index contributed by atoms with van der Waals surface area (Å²) in [6, 6.07) is 6.67. The summed E-state index contributed by atoms with van der Waals surface area (Å²) in [5.74, 6) is -0.0882. The van der Waals surface area contributed by atoms with Crippen molar-refractivity contribution in [3.05, 3.63) is 36.2 Å². The van der Waals surface area contributed by atoms with Crippen molar-refractivity contribution in [1.29, 1.82) is 0 Å². The molecular formula is C12H13N5O2S. The van der Waals surface area contributed by atoms with E-state index in [9.17, 15) is 9.59 Å². The summed E-state index contributed by atoms with van der Waals surface area (Å²) in [6.45, 7) is 0. The van der Waals surface area contributed by atoms with Crippen LogP contribution in [0, 0.1) is 0 Å². The van der Waals surface area contributed by atoms with Gasteiger partial charge in [-0.15, -0.1) is 0 Å². The van der Waals surface area contributed by atoms with Gasteiger partial charge in [0.15, 0.2) is 5.16 Å². The first kappa shape index (κ1) is 14.1. The molecule has 0 spiro atoms. The van der Waals surface area contributed by atoms with Gasteiger partial charge in [-0.1, -0.05) is 11.8 Å². The number of amides is 2. The molecule has 7 nitrogen and oxygen atoms in total. The van der Waals surface area contributed by atoms with Gasteiger partial charge >= 0.3 is 0 Å². The molecule has 2 aromatic rings. The van der Waals surface area contributed by atoms with Crippen LogP contribution in [0.3, 0.4) is 0 Å². The average Bonchev–Trinajstić information content (AvgIpc) is 2.98. The minimum Gasteiger partial charge on any atom is -0.355 e. The highest BCUT2D eigenvalue weighted by molar-refractivity contribution is 7.99. The summed E-state index contributed by atoms with van der Waals surface area (Å²) in [5.41, 5.74) is 1.18. The molecule has 104 valence electrons. The number of aromatic amines is 1. The standard InChI is InChI=1S/C12H13N5O2S/c1-13-11(19)8-2-4-9(5-3-8)16-10(18)6-20-12-14-7-15-17-12/h2-5,7H,6H2,1H3,(H,13,19)(H,16,18)(H,14,15,17). The van der Waals surface area contributed by atoms with Crippen LogP contribution in [-0.2, 0) is 4.79 Å². The third kappa shape index (κ3) is 3.82. The Bertz CT molecular complexity index is 582. The number of thioether (sulfide) groups is 1. The molecule has 1 aromatic heterocycles. The molecule has 20 heavy (non-hydrogen) atoms. The first-order valence-electron chi connectivity index (χ1n) is 5.79. The second-order valence-electron chi connectivity index (χ2n) is 3.78. The van der Waals surface area contributed by atoms with Gasteiger partial charge in [-0.05, 0) is 24.3 Å². The number of carbonyl (C=O) groups is 2. The van der Waals surface area contributed by atoms with Crippen LogP contribution in [0.15, 0.2) is 35.7 Å².